The Morgan fingerprint density at radius 3 is 2.83 bits per heavy atom. The van der Waals surface area contributed by atoms with Crippen molar-refractivity contribution in [3.63, 3.8) is 0 Å². The normalized spacial score (nSPS) is 18.4. The molecule has 0 saturated carbocycles. The lowest BCUT2D eigenvalue weighted by Gasteiger charge is -2.40. The average Bonchev–Trinajstić information content (AvgIpc) is 2.69. The molecule has 11 heteroatoms. The van der Waals surface area contributed by atoms with Gasteiger partial charge in [-0.15, -0.1) is 0 Å². The Kier molecular flexibility index (Phi) is 6.18. The van der Waals surface area contributed by atoms with Crippen molar-refractivity contribution in [2.75, 3.05) is 23.9 Å². The van der Waals surface area contributed by atoms with Crippen molar-refractivity contribution in [2.45, 2.75) is 29.8 Å². The minimum absolute atomic E-state index is 0.0231. The maximum Gasteiger partial charge on any atom is 0.252 e. The standard InChI is InChI=1S/C18H18F4N4O2S/c1-28-16-12(3-2-11(19)15(16)20)26-7-5-18(21,22)9-13(26)17(27)25-10-4-6-24-14(8-10)29-23/h2-4,6,8,13H,5,7,9,23H2,1H3,(H,24,25,27). The minimum Gasteiger partial charge on any atom is -0.491 e. The highest BCUT2D eigenvalue weighted by Crippen LogP contribution is 2.40. The number of nitrogens with one attached hydrogen (secondary N) is 1. The van der Waals surface area contributed by atoms with Crippen molar-refractivity contribution in [3.8, 4) is 5.75 Å². The molecule has 1 aromatic heterocycles. The van der Waals surface area contributed by atoms with E-state index in [1.54, 1.807) is 0 Å². The number of methoxy groups -OCH3 is 1. The van der Waals surface area contributed by atoms with Crippen molar-refractivity contribution >= 4 is 29.2 Å². The van der Waals surface area contributed by atoms with Gasteiger partial charge < -0.3 is 15.0 Å². The van der Waals surface area contributed by atoms with Crippen molar-refractivity contribution in [1.82, 2.24) is 4.98 Å². The molecule has 1 aromatic carbocycles. The number of halogens is 4. The quantitative estimate of drug-likeness (QED) is 0.558. The second-order valence-corrected chi connectivity index (χ2v) is 7.08. The third-order valence-electron chi connectivity index (χ3n) is 4.56. The van der Waals surface area contributed by atoms with Gasteiger partial charge in [0.25, 0.3) is 5.92 Å². The first-order chi connectivity index (χ1) is 13.8. The third-order valence-corrected chi connectivity index (χ3v) is 5.02. The van der Waals surface area contributed by atoms with Gasteiger partial charge in [0.2, 0.25) is 11.7 Å². The van der Waals surface area contributed by atoms with Crippen molar-refractivity contribution in [3.05, 3.63) is 42.1 Å². The largest absolute Gasteiger partial charge is 0.491 e. The van der Waals surface area contributed by atoms with Crippen LogP contribution in [-0.2, 0) is 4.79 Å². The Balaban J connectivity index is 1.94. The van der Waals surface area contributed by atoms with E-state index in [-0.39, 0.29) is 12.2 Å². The molecule has 1 aliphatic heterocycles. The number of pyridine rings is 1. The Morgan fingerprint density at radius 1 is 1.38 bits per heavy atom. The molecule has 1 atom stereocenters. The molecule has 1 aliphatic rings. The van der Waals surface area contributed by atoms with Gasteiger partial charge in [-0.25, -0.2) is 18.2 Å². The number of alkyl halides is 2. The van der Waals surface area contributed by atoms with E-state index < -0.39 is 48.1 Å². The predicted molar refractivity (Wildman–Crippen MR) is 101 cm³/mol. The number of nitrogens with zero attached hydrogens (tertiary/aromatic N) is 2. The fourth-order valence-electron chi connectivity index (χ4n) is 3.18. The molecule has 3 rings (SSSR count). The van der Waals surface area contributed by atoms with Crippen LogP contribution < -0.4 is 20.1 Å². The number of piperidine rings is 1. The smallest absolute Gasteiger partial charge is 0.252 e. The van der Waals surface area contributed by atoms with Crippen LogP contribution in [0.2, 0.25) is 0 Å². The number of amides is 1. The van der Waals surface area contributed by atoms with Gasteiger partial charge in [0, 0.05) is 31.3 Å². The van der Waals surface area contributed by atoms with E-state index in [4.69, 9.17) is 9.88 Å². The Labute approximate surface area is 168 Å². The predicted octanol–water partition coefficient (Wildman–Crippen LogP) is 3.58. The van der Waals surface area contributed by atoms with E-state index in [2.05, 4.69) is 10.3 Å². The second kappa shape index (κ2) is 8.46. The lowest BCUT2D eigenvalue weighted by Crippen LogP contribution is -2.53. The maximum absolute atomic E-state index is 14.1. The molecule has 6 nitrogen and oxygen atoms in total. The molecule has 29 heavy (non-hydrogen) atoms. The first-order valence-corrected chi connectivity index (χ1v) is 9.44. The molecule has 1 unspecified atom stereocenters. The Bertz CT molecular complexity index is 915. The molecule has 2 heterocycles. The van der Waals surface area contributed by atoms with Crippen LogP contribution >= 0.6 is 11.9 Å². The number of anilines is 2. The zero-order valence-corrected chi connectivity index (χ0v) is 16.1. The summed E-state index contributed by atoms with van der Waals surface area (Å²) < 4.78 is 60.8. The molecule has 2 aromatic rings. The fraction of sp³-hybridized carbons (Fsp3) is 0.333. The van der Waals surface area contributed by atoms with Crippen LogP contribution in [0.25, 0.3) is 0 Å². The topological polar surface area (TPSA) is 80.5 Å². The van der Waals surface area contributed by atoms with Crippen LogP contribution in [0.15, 0.2) is 35.5 Å². The summed E-state index contributed by atoms with van der Waals surface area (Å²) >= 11 is 0.864. The van der Waals surface area contributed by atoms with Crippen LogP contribution in [-0.4, -0.2) is 36.5 Å². The van der Waals surface area contributed by atoms with E-state index in [9.17, 15) is 22.4 Å². The third kappa shape index (κ3) is 4.56. The molecule has 1 amide bonds. The summed E-state index contributed by atoms with van der Waals surface area (Å²) in [5.74, 6) is -6.65. The SMILES string of the molecule is COc1c(N2CCC(F)(F)CC2C(=O)Nc2ccnc(SN)c2)ccc(F)c1F. The molecule has 1 fully saturated rings. The number of carbonyl (C=O) groups is 1. The molecule has 0 spiro atoms. The van der Waals surface area contributed by atoms with E-state index in [1.807, 2.05) is 0 Å². The van der Waals surface area contributed by atoms with E-state index >= 15 is 0 Å². The van der Waals surface area contributed by atoms with Gasteiger partial charge in [0.1, 0.15) is 11.1 Å². The van der Waals surface area contributed by atoms with Gasteiger partial charge >= 0.3 is 0 Å². The summed E-state index contributed by atoms with van der Waals surface area (Å²) in [6.07, 6.45) is 0.0864. The minimum atomic E-state index is -3.08. The first-order valence-electron chi connectivity index (χ1n) is 8.56. The van der Waals surface area contributed by atoms with Gasteiger partial charge in [0.15, 0.2) is 11.6 Å². The maximum atomic E-state index is 14.1. The molecule has 0 bridgehead atoms. The van der Waals surface area contributed by atoms with Crippen LogP contribution in [0.5, 0.6) is 5.75 Å². The monoisotopic (exact) mass is 430 g/mol. The van der Waals surface area contributed by atoms with Crippen LogP contribution in [0.1, 0.15) is 12.8 Å². The van der Waals surface area contributed by atoms with Crippen LogP contribution in [0, 0.1) is 11.6 Å². The molecule has 0 aliphatic carbocycles. The van der Waals surface area contributed by atoms with Gasteiger partial charge in [0.05, 0.1) is 12.8 Å². The highest BCUT2D eigenvalue weighted by molar-refractivity contribution is 7.97. The summed E-state index contributed by atoms with van der Waals surface area (Å²) in [6, 6.07) is 3.71. The number of rotatable bonds is 5. The zero-order chi connectivity index (χ0) is 21.2. The number of benzene rings is 1. The van der Waals surface area contributed by atoms with Crippen molar-refractivity contribution in [2.24, 2.45) is 5.14 Å². The van der Waals surface area contributed by atoms with Crippen molar-refractivity contribution < 1.29 is 27.1 Å². The lowest BCUT2D eigenvalue weighted by molar-refractivity contribution is -0.121. The number of hydrogen-bond donors (Lipinski definition) is 2. The van der Waals surface area contributed by atoms with E-state index in [0.29, 0.717) is 10.7 Å². The first kappa shape index (κ1) is 21.2. The summed E-state index contributed by atoms with van der Waals surface area (Å²) in [7, 11) is 1.14. The molecule has 156 valence electrons. The zero-order valence-electron chi connectivity index (χ0n) is 15.3. The lowest BCUT2D eigenvalue weighted by atomic mass is 9.96. The van der Waals surface area contributed by atoms with Crippen molar-refractivity contribution in [1.29, 1.82) is 0 Å². The molecule has 1 saturated heterocycles. The van der Waals surface area contributed by atoms with E-state index in [0.717, 1.165) is 25.1 Å². The van der Waals surface area contributed by atoms with Gasteiger partial charge in [-0.3, -0.25) is 9.93 Å². The van der Waals surface area contributed by atoms with Gasteiger partial charge in [-0.05, 0) is 36.2 Å². The number of carbonyl (C=O) groups excluding carboxylic acids is 1. The highest BCUT2D eigenvalue weighted by Gasteiger charge is 2.44. The van der Waals surface area contributed by atoms with E-state index in [1.165, 1.54) is 29.3 Å². The number of aromatic nitrogens is 1. The molecule has 3 N–H and O–H groups in total. The Hall–Kier alpha value is -2.53. The molecular formula is C18H18F4N4O2S. The number of hydrogen-bond acceptors (Lipinski definition) is 6. The number of nitrogens with two attached hydrogens (primary N) is 1. The van der Waals surface area contributed by atoms with Crippen LogP contribution in [0.4, 0.5) is 28.9 Å². The summed E-state index contributed by atoms with van der Waals surface area (Å²) in [5.41, 5.74) is 0.346. The molecular weight excluding hydrogens is 412 g/mol. The average molecular weight is 430 g/mol. The second-order valence-electron chi connectivity index (χ2n) is 6.42. The Morgan fingerprint density at radius 2 is 2.14 bits per heavy atom. The molecule has 0 radical (unpaired) electrons. The fourth-order valence-corrected chi connectivity index (χ4v) is 3.49. The summed E-state index contributed by atoms with van der Waals surface area (Å²) in [4.78, 5) is 18.1. The summed E-state index contributed by atoms with van der Waals surface area (Å²) in [5, 5.41) is 8.42. The summed E-state index contributed by atoms with van der Waals surface area (Å²) in [6.45, 7) is -0.243. The highest BCUT2D eigenvalue weighted by atomic mass is 32.2. The van der Waals surface area contributed by atoms with Crippen LogP contribution in [0.3, 0.4) is 0 Å². The number of ether oxygens (including phenoxy) is 1. The van der Waals surface area contributed by atoms with Gasteiger partial charge in [-0.2, -0.15) is 4.39 Å². The van der Waals surface area contributed by atoms with Gasteiger partial charge in [-0.1, -0.05) is 0 Å².